The molecule has 1 amide bonds. The molecule has 0 fully saturated rings. The van der Waals surface area contributed by atoms with Crippen molar-refractivity contribution in [3.8, 4) is 0 Å². The van der Waals surface area contributed by atoms with Crippen LogP contribution in [0.25, 0.3) is 5.65 Å². The maximum absolute atomic E-state index is 12.4. The van der Waals surface area contributed by atoms with E-state index in [4.69, 9.17) is 0 Å². The lowest BCUT2D eigenvalue weighted by Crippen LogP contribution is -2.24. The average molecular weight is 492 g/mol. The van der Waals surface area contributed by atoms with Crippen LogP contribution in [0.2, 0.25) is 0 Å². The minimum Gasteiger partial charge on any atom is -0.345 e. The predicted molar refractivity (Wildman–Crippen MR) is 113 cm³/mol. The number of hydrogen-bond acceptors (Lipinski definition) is 6. The number of carbonyl (C=O) groups is 1. The Morgan fingerprint density at radius 2 is 1.86 bits per heavy atom. The van der Waals surface area contributed by atoms with Gasteiger partial charge in [0.05, 0.1) is 10.3 Å². The summed E-state index contributed by atoms with van der Waals surface area (Å²) in [5.41, 5.74) is 1.47. The van der Waals surface area contributed by atoms with Crippen molar-refractivity contribution in [1.82, 2.24) is 19.9 Å². The summed E-state index contributed by atoms with van der Waals surface area (Å²) < 4.78 is 29.9. The lowest BCUT2D eigenvalue weighted by molar-refractivity contribution is 0.0950. The molecule has 0 unspecified atom stereocenters. The molecule has 0 saturated heterocycles. The number of amides is 1. The van der Waals surface area contributed by atoms with Crippen molar-refractivity contribution in [2.24, 2.45) is 0 Å². The molecule has 4 aromatic rings. The lowest BCUT2D eigenvalue weighted by atomic mass is 10.2. The fourth-order valence-electron chi connectivity index (χ4n) is 2.61. The van der Waals surface area contributed by atoms with Crippen molar-refractivity contribution in [3.05, 3.63) is 76.0 Å². The smallest absolute Gasteiger partial charge is 0.271 e. The number of nitrogens with zero attached hydrogens (tertiary/aromatic N) is 3. The van der Waals surface area contributed by atoms with Gasteiger partial charge in [0.2, 0.25) is 0 Å². The van der Waals surface area contributed by atoms with Gasteiger partial charge in [-0.1, -0.05) is 6.07 Å². The summed E-state index contributed by atoms with van der Waals surface area (Å²) in [7, 11) is -3.67. The highest BCUT2D eigenvalue weighted by Crippen LogP contribution is 2.27. The van der Waals surface area contributed by atoms with Crippen molar-refractivity contribution < 1.29 is 13.2 Å². The van der Waals surface area contributed by atoms with Gasteiger partial charge in [0, 0.05) is 17.4 Å². The van der Waals surface area contributed by atoms with Crippen molar-refractivity contribution in [2.75, 3.05) is 4.72 Å². The van der Waals surface area contributed by atoms with Gasteiger partial charge in [0.15, 0.2) is 11.5 Å². The van der Waals surface area contributed by atoms with Crippen LogP contribution < -0.4 is 10.0 Å². The zero-order valence-electron chi connectivity index (χ0n) is 14.7. The van der Waals surface area contributed by atoms with Crippen molar-refractivity contribution in [2.45, 2.75) is 10.8 Å². The molecule has 0 bridgehead atoms. The Labute approximate surface area is 178 Å². The number of anilines is 1. The van der Waals surface area contributed by atoms with Crippen LogP contribution in [0.4, 0.5) is 5.69 Å². The molecule has 11 heteroatoms. The monoisotopic (exact) mass is 491 g/mol. The van der Waals surface area contributed by atoms with Gasteiger partial charge in [-0.15, -0.1) is 21.5 Å². The van der Waals surface area contributed by atoms with Gasteiger partial charge in [-0.25, -0.2) is 8.42 Å². The summed E-state index contributed by atoms with van der Waals surface area (Å²) in [6.07, 6.45) is 1.82. The van der Waals surface area contributed by atoms with Crippen LogP contribution in [0, 0.1) is 0 Å². The number of hydrogen-bond donors (Lipinski definition) is 2. The topological polar surface area (TPSA) is 105 Å². The Balaban J connectivity index is 1.41. The van der Waals surface area contributed by atoms with E-state index in [2.05, 4.69) is 36.2 Å². The summed E-state index contributed by atoms with van der Waals surface area (Å²) in [4.78, 5) is 12.4. The van der Waals surface area contributed by atoms with E-state index in [-0.39, 0.29) is 16.7 Å². The molecule has 0 atom stereocenters. The average Bonchev–Trinajstić information content (AvgIpc) is 3.33. The van der Waals surface area contributed by atoms with Gasteiger partial charge in [0.25, 0.3) is 15.9 Å². The first-order valence-electron chi connectivity index (χ1n) is 8.37. The number of carbonyl (C=O) groups excluding carboxylic acids is 1. The van der Waals surface area contributed by atoms with E-state index in [0.717, 1.165) is 15.1 Å². The number of rotatable bonds is 6. The Morgan fingerprint density at radius 1 is 1.07 bits per heavy atom. The summed E-state index contributed by atoms with van der Waals surface area (Å²) in [6, 6.07) is 14.9. The number of fused-ring (bicyclic) bond motifs is 1. The summed E-state index contributed by atoms with van der Waals surface area (Å²) >= 11 is 4.37. The quantitative estimate of drug-likeness (QED) is 0.430. The summed E-state index contributed by atoms with van der Waals surface area (Å²) in [5.74, 6) is 0.315. The highest BCUT2D eigenvalue weighted by molar-refractivity contribution is 9.11. The molecular weight excluding hydrogens is 478 g/mol. The van der Waals surface area contributed by atoms with Crippen LogP contribution in [-0.2, 0) is 16.6 Å². The van der Waals surface area contributed by atoms with Gasteiger partial charge in [-0.05, 0) is 64.5 Å². The number of nitrogens with one attached hydrogen (secondary N) is 2. The van der Waals surface area contributed by atoms with E-state index in [9.17, 15) is 13.2 Å². The SMILES string of the molecule is O=C(NCc1nnc2ccccn12)c1ccc(NS(=O)(=O)c2ccc(Br)s2)cc1. The first-order chi connectivity index (χ1) is 13.9. The number of sulfonamides is 1. The number of halogens is 1. The molecule has 2 N–H and O–H groups in total. The second-order valence-corrected chi connectivity index (χ2v) is 10.3. The van der Waals surface area contributed by atoms with E-state index in [1.165, 1.54) is 6.07 Å². The normalized spacial score (nSPS) is 11.5. The molecule has 0 aliphatic carbocycles. The van der Waals surface area contributed by atoms with Crippen molar-refractivity contribution >= 4 is 54.5 Å². The zero-order chi connectivity index (χ0) is 20.4. The van der Waals surface area contributed by atoms with E-state index < -0.39 is 10.0 Å². The third-order valence-corrected chi connectivity index (χ3v) is 7.50. The van der Waals surface area contributed by atoms with Crippen LogP contribution in [0.5, 0.6) is 0 Å². The molecular formula is C18H14BrN5O3S2. The van der Waals surface area contributed by atoms with Gasteiger partial charge in [-0.3, -0.25) is 13.9 Å². The highest BCUT2D eigenvalue weighted by atomic mass is 79.9. The first-order valence-corrected chi connectivity index (χ1v) is 11.5. The Bertz CT molecular complexity index is 1280. The second kappa shape index (κ2) is 7.93. The predicted octanol–water partition coefficient (Wildman–Crippen LogP) is 3.28. The molecule has 1 aromatic carbocycles. The number of aromatic nitrogens is 3. The van der Waals surface area contributed by atoms with Crippen LogP contribution in [0.15, 0.2) is 68.8 Å². The number of benzene rings is 1. The van der Waals surface area contributed by atoms with E-state index in [1.807, 2.05) is 24.4 Å². The highest BCUT2D eigenvalue weighted by Gasteiger charge is 2.17. The standard InChI is InChI=1S/C18H14BrN5O3S2/c19-14-8-9-17(28-14)29(26,27)23-13-6-4-12(5-7-13)18(25)20-11-16-22-21-15-3-1-2-10-24(15)16/h1-10,23H,11H2,(H,20,25). The lowest BCUT2D eigenvalue weighted by Gasteiger charge is -2.08. The Morgan fingerprint density at radius 3 is 2.59 bits per heavy atom. The summed E-state index contributed by atoms with van der Waals surface area (Å²) in [6.45, 7) is 0.214. The minimum atomic E-state index is -3.67. The maximum Gasteiger partial charge on any atom is 0.271 e. The molecule has 0 spiro atoms. The van der Waals surface area contributed by atoms with Gasteiger partial charge in [0.1, 0.15) is 4.21 Å². The Hall–Kier alpha value is -2.76. The van der Waals surface area contributed by atoms with Gasteiger partial charge in [-0.2, -0.15) is 0 Å². The molecule has 3 heterocycles. The van der Waals surface area contributed by atoms with Crippen molar-refractivity contribution in [1.29, 1.82) is 0 Å². The summed E-state index contributed by atoms with van der Waals surface area (Å²) in [5, 5.41) is 10.9. The fraction of sp³-hybridized carbons (Fsp3) is 0.0556. The van der Waals surface area contributed by atoms with Crippen molar-refractivity contribution in [3.63, 3.8) is 0 Å². The van der Waals surface area contributed by atoms with Gasteiger partial charge >= 0.3 is 0 Å². The molecule has 3 aromatic heterocycles. The van der Waals surface area contributed by atoms with E-state index in [1.54, 1.807) is 34.7 Å². The maximum atomic E-state index is 12.4. The molecule has 148 valence electrons. The second-order valence-electron chi connectivity index (χ2n) is 5.97. The van der Waals surface area contributed by atoms with E-state index in [0.29, 0.717) is 22.7 Å². The third-order valence-electron chi connectivity index (χ3n) is 4.00. The third kappa shape index (κ3) is 4.31. The molecule has 4 rings (SSSR count). The van der Waals surface area contributed by atoms with Crippen LogP contribution in [0.3, 0.4) is 0 Å². The molecule has 0 saturated carbocycles. The zero-order valence-corrected chi connectivity index (χ0v) is 18.0. The number of pyridine rings is 1. The largest absolute Gasteiger partial charge is 0.345 e. The van der Waals surface area contributed by atoms with Gasteiger partial charge < -0.3 is 5.32 Å². The number of thiophene rings is 1. The van der Waals surface area contributed by atoms with E-state index >= 15 is 0 Å². The Kier molecular flexibility index (Phi) is 5.35. The fourth-order valence-corrected chi connectivity index (χ4v) is 5.68. The molecule has 0 radical (unpaired) electrons. The van der Waals surface area contributed by atoms with Crippen LogP contribution in [-0.4, -0.2) is 28.9 Å². The first kappa shape index (κ1) is 19.6. The minimum absolute atomic E-state index is 0.201. The van der Waals surface area contributed by atoms with Crippen LogP contribution >= 0.6 is 27.3 Å². The molecule has 0 aliphatic rings. The molecule has 8 nitrogen and oxygen atoms in total. The van der Waals surface area contributed by atoms with Crippen LogP contribution in [0.1, 0.15) is 16.2 Å². The molecule has 0 aliphatic heterocycles. The molecule has 29 heavy (non-hydrogen) atoms.